The molecule has 6 aliphatic carbocycles. The summed E-state index contributed by atoms with van der Waals surface area (Å²) in [5.74, 6) is 3.96. The number of rotatable bonds is 8. The van der Waals surface area contributed by atoms with E-state index < -0.39 is 0 Å². The second kappa shape index (κ2) is 10.0. The van der Waals surface area contributed by atoms with Crippen molar-refractivity contribution in [2.24, 2.45) is 57.2 Å². The third-order valence-electron chi connectivity index (χ3n) is 14.8. The van der Waals surface area contributed by atoms with Crippen molar-refractivity contribution in [3.63, 3.8) is 0 Å². The molecule has 0 radical (unpaired) electrons. The minimum Gasteiger partial charge on any atom is -0.393 e. The first-order valence-electron chi connectivity index (χ1n) is 17.3. The van der Waals surface area contributed by atoms with Crippen molar-refractivity contribution in [2.45, 2.75) is 130 Å². The van der Waals surface area contributed by atoms with Crippen LogP contribution in [0, 0.1) is 57.2 Å². The summed E-state index contributed by atoms with van der Waals surface area (Å²) in [5.41, 5.74) is 1.11. The molecule has 1 amide bonds. The molecule has 2 spiro atoms. The maximum absolute atomic E-state index is 12.8. The fraction of sp³-hybridized carbons (Fsp3) is 0.943. The second-order valence-electron chi connectivity index (χ2n) is 16.4. The summed E-state index contributed by atoms with van der Waals surface area (Å²) in [6.07, 6.45) is 14.7. The fourth-order valence-corrected chi connectivity index (χ4v) is 12.7. The zero-order valence-corrected chi connectivity index (χ0v) is 26.1. The zero-order chi connectivity index (χ0) is 28.8. The first-order chi connectivity index (χ1) is 19.6. The van der Waals surface area contributed by atoms with E-state index in [2.05, 4.69) is 27.7 Å². The summed E-state index contributed by atoms with van der Waals surface area (Å²) >= 11 is 0. The van der Waals surface area contributed by atoms with Crippen LogP contribution in [0.3, 0.4) is 0 Å². The molecule has 7 rings (SSSR count). The van der Waals surface area contributed by atoms with E-state index in [4.69, 9.17) is 9.47 Å². The number of ether oxygens (including phenoxy) is 2. The Morgan fingerprint density at radius 2 is 1.85 bits per heavy atom. The van der Waals surface area contributed by atoms with E-state index in [0.717, 1.165) is 43.8 Å². The monoisotopic (exact) mass is 569 g/mol. The Morgan fingerprint density at radius 1 is 1.05 bits per heavy atom. The summed E-state index contributed by atoms with van der Waals surface area (Å²) in [5, 5.41) is 11.3. The minimum absolute atomic E-state index is 0.0674. The highest BCUT2D eigenvalue weighted by Gasteiger charge is 2.84. The summed E-state index contributed by atoms with van der Waals surface area (Å²) in [6, 6.07) is 0. The number of carbonyl (C=O) groups is 2. The fourth-order valence-electron chi connectivity index (χ4n) is 12.7. The van der Waals surface area contributed by atoms with Gasteiger partial charge in [0.1, 0.15) is 6.29 Å². The molecule has 0 aromatic rings. The van der Waals surface area contributed by atoms with Crippen LogP contribution in [0.5, 0.6) is 0 Å². The van der Waals surface area contributed by atoms with Gasteiger partial charge in [-0.2, -0.15) is 0 Å². The van der Waals surface area contributed by atoms with E-state index in [-0.39, 0.29) is 35.2 Å². The molecule has 230 valence electrons. The number of hydrogen-bond acceptors (Lipinski definition) is 5. The molecule has 7 aliphatic rings. The molecule has 7 fully saturated rings. The van der Waals surface area contributed by atoms with Crippen LogP contribution in [-0.4, -0.2) is 60.4 Å². The highest BCUT2D eigenvalue weighted by atomic mass is 16.7. The molecule has 1 aliphatic heterocycles. The van der Waals surface area contributed by atoms with E-state index in [9.17, 15) is 14.7 Å². The highest BCUT2D eigenvalue weighted by Crippen LogP contribution is 2.89. The standard InChI is InChI=1S/C35H55NO5/c1-22-34-15-14-33(4)25(7-5-6-17-37)27(38)20-26(33)24(34)10-11-28-32(2,3)29(12-13-35(22,28)34)41-31-21-36(16-18-40-31)30(39)19-23-8-9-23/h17,22-29,31,38H,5-16,18-21H2,1-4H3/t22-,24-,25-,26?,27+,28?,29-,31?,33+,34-,35?/m0/s1. The summed E-state index contributed by atoms with van der Waals surface area (Å²) < 4.78 is 12.9. The van der Waals surface area contributed by atoms with Gasteiger partial charge in [-0.25, -0.2) is 0 Å². The molecule has 4 unspecified atom stereocenters. The Bertz CT molecular complexity index is 1040. The number of aliphatic hydroxyl groups is 1. The first kappa shape index (κ1) is 28.8. The Balaban J connectivity index is 1.06. The summed E-state index contributed by atoms with van der Waals surface area (Å²) in [6.45, 7) is 11.9. The maximum atomic E-state index is 12.8. The Kier molecular flexibility index (Phi) is 7.03. The van der Waals surface area contributed by atoms with Crippen LogP contribution in [0.15, 0.2) is 0 Å². The average molecular weight is 570 g/mol. The maximum Gasteiger partial charge on any atom is 0.223 e. The van der Waals surface area contributed by atoms with Crippen molar-refractivity contribution in [1.29, 1.82) is 0 Å². The number of hydrogen-bond donors (Lipinski definition) is 1. The smallest absolute Gasteiger partial charge is 0.223 e. The molecule has 6 saturated carbocycles. The van der Waals surface area contributed by atoms with Gasteiger partial charge in [-0.05, 0) is 128 Å². The first-order valence-corrected chi connectivity index (χ1v) is 17.3. The van der Waals surface area contributed by atoms with Gasteiger partial charge in [-0.3, -0.25) is 4.79 Å². The third-order valence-corrected chi connectivity index (χ3v) is 14.8. The molecule has 11 atom stereocenters. The summed E-state index contributed by atoms with van der Waals surface area (Å²) in [7, 11) is 0. The van der Waals surface area contributed by atoms with Crippen LogP contribution < -0.4 is 0 Å². The largest absolute Gasteiger partial charge is 0.393 e. The van der Waals surface area contributed by atoms with Gasteiger partial charge in [0, 0.05) is 19.4 Å². The van der Waals surface area contributed by atoms with E-state index in [1.165, 1.54) is 44.9 Å². The number of amides is 1. The van der Waals surface area contributed by atoms with Gasteiger partial charge < -0.3 is 24.3 Å². The quantitative estimate of drug-likeness (QED) is 0.287. The normalized spacial score (nSPS) is 49.8. The lowest BCUT2D eigenvalue weighted by Crippen LogP contribution is -2.56. The van der Waals surface area contributed by atoms with Crippen molar-refractivity contribution < 1.29 is 24.2 Å². The van der Waals surface area contributed by atoms with Crippen molar-refractivity contribution in [3.05, 3.63) is 0 Å². The van der Waals surface area contributed by atoms with Crippen LogP contribution >= 0.6 is 0 Å². The molecule has 0 aromatic carbocycles. The molecule has 6 nitrogen and oxygen atoms in total. The van der Waals surface area contributed by atoms with Crippen molar-refractivity contribution in [3.8, 4) is 0 Å². The average Bonchev–Trinajstić information content (AvgIpc) is 3.83. The van der Waals surface area contributed by atoms with Gasteiger partial charge >= 0.3 is 0 Å². The number of aldehydes is 1. The molecule has 1 heterocycles. The molecule has 1 N–H and O–H groups in total. The molecule has 1 saturated heterocycles. The van der Waals surface area contributed by atoms with Crippen LogP contribution in [0.25, 0.3) is 0 Å². The molecule has 41 heavy (non-hydrogen) atoms. The predicted molar refractivity (Wildman–Crippen MR) is 157 cm³/mol. The van der Waals surface area contributed by atoms with Gasteiger partial charge in [0.15, 0.2) is 6.29 Å². The van der Waals surface area contributed by atoms with Gasteiger partial charge in [0.25, 0.3) is 0 Å². The molecule has 6 heteroatoms. The van der Waals surface area contributed by atoms with Crippen LogP contribution in [0.4, 0.5) is 0 Å². The van der Waals surface area contributed by atoms with Gasteiger partial charge in [0.2, 0.25) is 5.91 Å². The molecule has 0 aromatic heterocycles. The number of carbonyl (C=O) groups excluding carboxylic acids is 2. The molecular weight excluding hydrogens is 514 g/mol. The second-order valence-corrected chi connectivity index (χ2v) is 16.4. The number of unbranched alkanes of at least 4 members (excludes halogenated alkanes) is 1. The number of fused-ring (bicyclic) bond motifs is 2. The number of nitrogens with zero attached hydrogens (tertiary/aromatic N) is 1. The van der Waals surface area contributed by atoms with Crippen LogP contribution in [0.1, 0.15) is 111 Å². The lowest BCUT2D eigenvalue weighted by Gasteiger charge is -2.59. The molecular formula is C35H55NO5. The topological polar surface area (TPSA) is 76.1 Å². The van der Waals surface area contributed by atoms with Crippen molar-refractivity contribution >= 4 is 12.2 Å². The van der Waals surface area contributed by atoms with Crippen molar-refractivity contribution in [2.75, 3.05) is 19.7 Å². The Hall–Kier alpha value is -0.980. The van der Waals surface area contributed by atoms with Gasteiger partial charge in [-0.15, -0.1) is 0 Å². The zero-order valence-electron chi connectivity index (χ0n) is 26.1. The Labute approximate surface area is 247 Å². The van der Waals surface area contributed by atoms with Crippen LogP contribution in [-0.2, 0) is 19.1 Å². The minimum atomic E-state index is -0.307. The summed E-state index contributed by atoms with van der Waals surface area (Å²) in [4.78, 5) is 25.8. The highest BCUT2D eigenvalue weighted by molar-refractivity contribution is 5.76. The van der Waals surface area contributed by atoms with Gasteiger partial charge in [0.05, 0.1) is 25.4 Å². The lowest BCUT2D eigenvalue weighted by atomic mass is 9.46. The third kappa shape index (κ3) is 4.11. The van der Waals surface area contributed by atoms with E-state index in [1.807, 2.05) is 4.90 Å². The number of morpholine rings is 1. The lowest BCUT2D eigenvalue weighted by molar-refractivity contribution is -0.244. The molecule has 0 bridgehead atoms. The van der Waals surface area contributed by atoms with E-state index >= 15 is 0 Å². The van der Waals surface area contributed by atoms with Crippen molar-refractivity contribution in [1.82, 2.24) is 4.90 Å². The van der Waals surface area contributed by atoms with Crippen LogP contribution in [0.2, 0.25) is 0 Å². The van der Waals surface area contributed by atoms with Gasteiger partial charge in [-0.1, -0.05) is 27.7 Å². The van der Waals surface area contributed by atoms with E-state index in [0.29, 0.717) is 67.0 Å². The predicted octanol–water partition coefficient (Wildman–Crippen LogP) is 5.99. The SMILES string of the molecule is C[C@@H]1C23CC[C@H](OC4CN(C(=O)CC5CC5)CCO4)C(C)(C)C2CC[C@H]2C4C[C@@H](O)[C@H](CCCC=O)[C@@]4(C)CC[C@]123. The Morgan fingerprint density at radius 3 is 2.61 bits per heavy atom. The van der Waals surface area contributed by atoms with E-state index in [1.54, 1.807) is 0 Å². The number of aliphatic hydroxyl groups excluding tert-OH is 1.